The van der Waals surface area contributed by atoms with E-state index in [1.807, 2.05) is 18.7 Å². The van der Waals surface area contributed by atoms with Gasteiger partial charge >= 0.3 is 0 Å². The Kier molecular flexibility index (Phi) is 5.92. The summed E-state index contributed by atoms with van der Waals surface area (Å²) < 4.78 is 0. The Labute approximate surface area is 132 Å². The first-order chi connectivity index (χ1) is 10.6. The number of hydrogen-bond donors (Lipinski definition) is 1. The molecule has 1 N–H and O–H groups in total. The fraction of sp³-hybridized carbons (Fsp3) is 0.588. The lowest BCUT2D eigenvalue weighted by molar-refractivity contribution is 0.0755. The molecule has 2 amide bonds. The van der Waals surface area contributed by atoms with Gasteiger partial charge in [0.25, 0.3) is 11.8 Å². The first kappa shape index (κ1) is 16.5. The van der Waals surface area contributed by atoms with Gasteiger partial charge in [-0.2, -0.15) is 0 Å². The second kappa shape index (κ2) is 7.92. The van der Waals surface area contributed by atoms with Crippen LogP contribution in [0.5, 0.6) is 0 Å². The molecule has 1 aliphatic heterocycles. The molecule has 0 spiro atoms. The van der Waals surface area contributed by atoms with Crippen molar-refractivity contribution in [3.05, 3.63) is 29.6 Å². The van der Waals surface area contributed by atoms with Gasteiger partial charge in [-0.1, -0.05) is 25.8 Å². The third kappa shape index (κ3) is 4.29. The van der Waals surface area contributed by atoms with E-state index < -0.39 is 0 Å². The molecule has 1 aromatic heterocycles. The Bertz CT molecular complexity index is 522. The molecule has 0 saturated carbocycles. The number of amides is 2. The van der Waals surface area contributed by atoms with E-state index in [0.29, 0.717) is 11.4 Å². The van der Waals surface area contributed by atoms with Crippen LogP contribution in [0.15, 0.2) is 18.2 Å². The van der Waals surface area contributed by atoms with Crippen LogP contribution in [0.3, 0.4) is 0 Å². The van der Waals surface area contributed by atoms with Gasteiger partial charge in [0.1, 0.15) is 11.4 Å². The molecule has 2 rings (SSSR count). The summed E-state index contributed by atoms with van der Waals surface area (Å²) in [5, 5.41) is 2.88. The van der Waals surface area contributed by atoms with Crippen LogP contribution in [0, 0.1) is 0 Å². The largest absolute Gasteiger partial charge is 0.348 e. The highest BCUT2D eigenvalue weighted by Crippen LogP contribution is 2.13. The summed E-state index contributed by atoms with van der Waals surface area (Å²) in [5.74, 6) is -0.292. The molecule has 1 aromatic rings. The van der Waals surface area contributed by atoms with Crippen LogP contribution in [0.2, 0.25) is 0 Å². The van der Waals surface area contributed by atoms with Crippen LogP contribution in [-0.4, -0.2) is 40.8 Å². The molecular formula is C17H25N3O2. The van der Waals surface area contributed by atoms with Crippen LogP contribution in [0.4, 0.5) is 0 Å². The monoisotopic (exact) mass is 303 g/mol. The van der Waals surface area contributed by atoms with E-state index in [4.69, 9.17) is 0 Å². The van der Waals surface area contributed by atoms with E-state index in [-0.39, 0.29) is 17.9 Å². The van der Waals surface area contributed by atoms with Crippen molar-refractivity contribution in [3.8, 4) is 0 Å². The number of likely N-dealkylation sites (tertiary alicyclic amines) is 1. The molecule has 0 aliphatic carbocycles. The number of carbonyl (C=O) groups is 2. The van der Waals surface area contributed by atoms with Gasteiger partial charge in [0.15, 0.2) is 0 Å². The van der Waals surface area contributed by atoms with Gasteiger partial charge in [-0.3, -0.25) is 9.59 Å². The van der Waals surface area contributed by atoms with Crippen molar-refractivity contribution in [1.82, 2.24) is 15.2 Å². The molecule has 0 bridgehead atoms. The number of nitrogens with one attached hydrogen (secondary N) is 1. The van der Waals surface area contributed by atoms with Gasteiger partial charge in [0, 0.05) is 19.1 Å². The minimum Gasteiger partial charge on any atom is -0.348 e. The highest BCUT2D eigenvalue weighted by Gasteiger charge is 2.20. The average molecular weight is 303 g/mol. The van der Waals surface area contributed by atoms with Crippen molar-refractivity contribution >= 4 is 11.8 Å². The predicted octanol–water partition coefficient (Wildman–Crippen LogP) is 2.63. The van der Waals surface area contributed by atoms with Gasteiger partial charge in [0.2, 0.25) is 0 Å². The zero-order valence-corrected chi connectivity index (χ0v) is 13.5. The molecule has 1 atom stereocenters. The van der Waals surface area contributed by atoms with Crippen molar-refractivity contribution in [2.45, 2.75) is 52.0 Å². The van der Waals surface area contributed by atoms with Gasteiger partial charge in [0.05, 0.1) is 0 Å². The molecule has 22 heavy (non-hydrogen) atoms. The molecule has 0 aromatic carbocycles. The topological polar surface area (TPSA) is 62.3 Å². The number of carbonyl (C=O) groups excluding carboxylic acids is 2. The summed E-state index contributed by atoms with van der Waals surface area (Å²) in [6.07, 6.45) is 5.29. The van der Waals surface area contributed by atoms with Gasteiger partial charge in [-0.15, -0.1) is 0 Å². The molecular weight excluding hydrogens is 278 g/mol. The fourth-order valence-corrected chi connectivity index (χ4v) is 2.52. The molecule has 120 valence electrons. The standard InChI is InChI=1S/C17H25N3O2/c1-3-13(2)18-16(21)14-9-8-10-15(19-14)17(22)20-11-6-4-5-7-12-20/h8-10,13H,3-7,11-12H2,1-2H3,(H,18,21). The van der Waals surface area contributed by atoms with Crippen molar-refractivity contribution in [3.63, 3.8) is 0 Å². The lowest BCUT2D eigenvalue weighted by atomic mass is 10.2. The molecule has 1 saturated heterocycles. The van der Waals surface area contributed by atoms with Crippen LogP contribution in [-0.2, 0) is 0 Å². The molecule has 1 aliphatic rings. The van der Waals surface area contributed by atoms with Crippen LogP contribution >= 0.6 is 0 Å². The Balaban J connectivity index is 2.09. The van der Waals surface area contributed by atoms with Crippen LogP contribution in [0.25, 0.3) is 0 Å². The van der Waals surface area contributed by atoms with Crippen LogP contribution < -0.4 is 5.32 Å². The maximum Gasteiger partial charge on any atom is 0.272 e. The maximum absolute atomic E-state index is 12.5. The Morgan fingerprint density at radius 1 is 1.18 bits per heavy atom. The fourth-order valence-electron chi connectivity index (χ4n) is 2.52. The average Bonchev–Trinajstić information content (AvgIpc) is 2.83. The quantitative estimate of drug-likeness (QED) is 0.930. The van der Waals surface area contributed by atoms with E-state index >= 15 is 0 Å². The molecule has 5 heteroatoms. The molecule has 0 radical (unpaired) electrons. The lowest BCUT2D eigenvalue weighted by Crippen LogP contribution is -2.34. The number of rotatable bonds is 4. The highest BCUT2D eigenvalue weighted by molar-refractivity contribution is 5.96. The molecule has 1 fully saturated rings. The number of hydrogen-bond acceptors (Lipinski definition) is 3. The summed E-state index contributed by atoms with van der Waals surface area (Å²) in [7, 11) is 0. The second-order valence-electron chi connectivity index (χ2n) is 5.90. The second-order valence-corrected chi connectivity index (χ2v) is 5.90. The zero-order valence-electron chi connectivity index (χ0n) is 13.5. The maximum atomic E-state index is 12.5. The summed E-state index contributed by atoms with van der Waals surface area (Å²) in [4.78, 5) is 30.8. The van der Waals surface area contributed by atoms with Crippen molar-refractivity contribution in [2.24, 2.45) is 0 Å². The SMILES string of the molecule is CCC(C)NC(=O)c1cccc(C(=O)N2CCCCCC2)n1. The first-order valence-electron chi connectivity index (χ1n) is 8.19. The third-order valence-electron chi connectivity index (χ3n) is 4.08. The Hall–Kier alpha value is -1.91. The van der Waals surface area contributed by atoms with Crippen LogP contribution in [0.1, 0.15) is 66.9 Å². The Morgan fingerprint density at radius 3 is 2.45 bits per heavy atom. The minimum atomic E-state index is -0.222. The number of nitrogens with zero attached hydrogens (tertiary/aromatic N) is 2. The summed E-state index contributed by atoms with van der Waals surface area (Å²) in [6, 6.07) is 5.16. The first-order valence-corrected chi connectivity index (χ1v) is 8.19. The van der Waals surface area contributed by atoms with Crippen molar-refractivity contribution in [1.29, 1.82) is 0 Å². The van der Waals surface area contributed by atoms with Gasteiger partial charge < -0.3 is 10.2 Å². The van der Waals surface area contributed by atoms with E-state index in [9.17, 15) is 9.59 Å². The smallest absolute Gasteiger partial charge is 0.272 e. The van der Waals surface area contributed by atoms with E-state index in [2.05, 4.69) is 10.3 Å². The normalized spacial score (nSPS) is 16.7. The number of pyridine rings is 1. The molecule has 2 heterocycles. The highest BCUT2D eigenvalue weighted by atomic mass is 16.2. The van der Waals surface area contributed by atoms with E-state index in [1.54, 1.807) is 18.2 Å². The zero-order chi connectivity index (χ0) is 15.9. The summed E-state index contributed by atoms with van der Waals surface area (Å²) >= 11 is 0. The predicted molar refractivity (Wildman–Crippen MR) is 85.8 cm³/mol. The van der Waals surface area contributed by atoms with Crippen molar-refractivity contribution in [2.75, 3.05) is 13.1 Å². The molecule has 1 unspecified atom stereocenters. The van der Waals surface area contributed by atoms with E-state index in [0.717, 1.165) is 32.4 Å². The van der Waals surface area contributed by atoms with E-state index in [1.165, 1.54) is 12.8 Å². The number of aromatic nitrogens is 1. The minimum absolute atomic E-state index is 0.0694. The molecule has 5 nitrogen and oxygen atoms in total. The van der Waals surface area contributed by atoms with Gasteiger partial charge in [-0.25, -0.2) is 4.98 Å². The van der Waals surface area contributed by atoms with Crippen molar-refractivity contribution < 1.29 is 9.59 Å². The third-order valence-corrected chi connectivity index (χ3v) is 4.08. The Morgan fingerprint density at radius 2 is 1.82 bits per heavy atom. The summed E-state index contributed by atoms with van der Waals surface area (Å²) in [5.41, 5.74) is 0.666. The lowest BCUT2D eigenvalue weighted by Gasteiger charge is -2.20. The summed E-state index contributed by atoms with van der Waals surface area (Å²) in [6.45, 7) is 5.52. The van der Waals surface area contributed by atoms with Gasteiger partial charge in [-0.05, 0) is 38.3 Å².